The molecule has 0 saturated carbocycles. The van der Waals surface area contributed by atoms with Crippen molar-refractivity contribution >= 4 is 0 Å². The molecule has 0 aliphatic rings. The van der Waals surface area contributed by atoms with Gasteiger partial charge in [-0.05, 0) is 30.2 Å². The third kappa shape index (κ3) is 2.17. The van der Waals surface area contributed by atoms with Crippen molar-refractivity contribution in [1.82, 2.24) is 9.55 Å². The van der Waals surface area contributed by atoms with Gasteiger partial charge < -0.3 is 15.0 Å². The lowest BCUT2D eigenvalue weighted by molar-refractivity contribution is 0.414. The van der Waals surface area contributed by atoms with Gasteiger partial charge in [-0.25, -0.2) is 4.98 Å². The second-order valence-corrected chi connectivity index (χ2v) is 4.13. The van der Waals surface area contributed by atoms with Crippen LogP contribution >= 0.6 is 0 Å². The van der Waals surface area contributed by atoms with Gasteiger partial charge in [-0.15, -0.1) is 0 Å². The van der Waals surface area contributed by atoms with E-state index >= 15 is 0 Å². The van der Waals surface area contributed by atoms with Crippen LogP contribution in [-0.4, -0.2) is 16.7 Å². The fourth-order valence-electron chi connectivity index (χ4n) is 1.95. The predicted octanol–water partition coefficient (Wildman–Crippen LogP) is 1.79. The van der Waals surface area contributed by atoms with Gasteiger partial charge in [0.2, 0.25) is 0 Å². The Kier molecular flexibility index (Phi) is 3.15. The molecule has 0 aliphatic carbocycles. The van der Waals surface area contributed by atoms with Gasteiger partial charge in [-0.1, -0.05) is 6.07 Å². The Morgan fingerprint density at radius 2 is 2.18 bits per heavy atom. The number of ether oxygens (including phenoxy) is 1. The molecule has 0 bridgehead atoms. The average molecular weight is 231 g/mol. The van der Waals surface area contributed by atoms with Crippen molar-refractivity contribution in [3.63, 3.8) is 0 Å². The van der Waals surface area contributed by atoms with E-state index in [2.05, 4.69) is 4.98 Å². The Labute approximate surface area is 101 Å². The molecule has 0 fully saturated rings. The molecule has 0 saturated heterocycles. The zero-order chi connectivity index (χ0) is 12.4. The fourth-order valence-corrected chi connectivity index (χ4v) is 1.95. The highest BCUT2D eigenvalue weighted by Gasteiger charge is 2.14. The third-order valence-corrected chi connectivity index (χ3v) is 2.98. The second kappa shape index (κ2) is 4.59. The summed E-state index contributed by atoms with van der Waals surface area (Å²) in [4.78, 5) is 4.09. The summed E-state index contributed by atoms with van der Waals surface area (Å²) < 4.78 is 7.12. The maximum Gasteiger partial charge on any atom is 0.119 e. The Morgan fingerprint density at radius 1 is 1.41 bits per heavy atom. The molecule has 90 valence electrons. The quantitative estimate of drug-likeness (QED) is 0.876. The van der Waals surface area contributed by atoms with Gasteiger partial charge in [0.05, 0.1) is 31.4 Å². The summed E-state index contributed by atoms with van der Waals surface area (Å²) in [6.07, 6.45) is 3.56. The number of aryl methyl sites for hydroxylation is 2. The minimum absolute atomic E-state index is 0.159. The van der Waals surface area contributed by atoms with Gasteiger partial charge in [0.1, 0.15) is 5.75 Å². The second-order valence-electron chi connectivity index (χ2n) is 4.13. The number of imidazole rings is 1. The van der Waals surface area contributed by atoms with E-state index in [1.807, 2.05) is 36.7 Å². The van der Waals surface area contributed by atoms with E-state index in [0.29, 0.717) is 0 Å². The van der Waals surface area contributed by atoms with Crippen molar-refractivity contribution in [2.24, 2.45) is 12.8 Å². The number of hydrogen-bond acceptors (Lipinski definition) is 3. The molecular formula is C13H17N3O. The molecule has 0 amide bonds. The van der Waals surface area contributed by atoms with Crippen molar-refractivity contribution in [3.05, 3.63) is 47.5 Å². The molecule has 1 atom stereocenters. The highest BCUT2D eigenvalue weighted by molar-refractivity contribution is 5.39. The van der Waals surface area contributed by atoms with E-state index in [-0.39, 0.29) is 6.04 Å². The lowest BCUT2D eigenvalue weighted by Crippen LogP contribution is -2.16. The molecule has 0 spiro atoms. The Bertz CT molecular complexity index is 519. The molecule has 1 heterocycles. The van der Waals surface area contributed by atoms with Crippen LogP contribution in [0.3, 0.4) is 0 Å². The van der Waals surface area contributed by atoms with Crippen LogP contribution in [0.2, 0.25) is 0 Å². The largest absolute Gasteiger partial charge is 0.497 e. The fraction of sp³-hybridized carbons (Fsp3) is 0.308. The van der Waals surface area contributed by atoms with Crippen molar-refractivity contribution in [2.45, 2.75) is 13.0 Å². The van der Waals surface area contributed by atoms with Gasteiger partial charge in [-0.3, -0.25) is 0 Å². The smallest absolute Gasteiger partial charge is 0.119 e. The van der Waals surface area contributed by atoms with Gasteiger partial charge >= 0.3 is 0 Å². The van der Waals surface area contributed by atoms with Gasteiger partial charge in [0.25, 0.3) is 0 Å². The van der Waals surface area contributed by atoms with Crippen LogP contribution in [0.4, 0.5) is 0 Å². The van der Waals surface area contributed by atoms with E-state index in [0.717, 1.165) is 22.6 Å². The molecular weight excluding hydrogens is 214 g/mol. The third-order valence-electron chi connectivity index (χ3n) is 2.98. The summed E-state index contributed by atoms with van der Waals surface area (Å²) in [5.41, 5.74) is 9.47. The van der Waals surface area contributed by atoms with Crippen LogP contribution in [0.1, 0.15) is 22.9 Å². The molecule has 1 aromatic heterocycles. The molecule has 2 rings (SSSR count). The topological polar surface area (TPSA) is 53.1 Å². The molecule has 1 aromatic carbocycles. The monoisotopic (exact) mass is 231 g/mol. The van der Waals surface area contributed by atoms with Crippen LogP contribution in [0.25, 0.3) is 0 Å². The normalized spacial score (nSPS) is 12.5. The van der Waals surface area contributed by atoms with E-state index in [4.69, 9.17) is 10.5 Å². The Morgan fingerprint density at radius 3 is 2.71 bits per heavy atom. The van der Waals surface area contributed by atoms with Crippen molar-refractivity contribution in [3.8, 4) is 5.75 Å². The molecule has 4 heteroatoms. The molecule has 17 heavy (non-hydrogen) atoms. The summed E-state index contributed by atoms with van der Waals surface area (Å²) in [6, 6.07) is 5.77. The zero-order valence-electron chi connectivity index (χ0n) is 10.3. The number of methoxy groups -OCH3 is 1. The zero-order valence-corrected chi connectivity index (χ0v) is 10.3. The molecule has 0 radical (unpaired) electrons. The van der Waals surface area contributed by atoms with Crippen LogP contribution in [0.15, 0.2) is 30.7 Å². The first-order chi connectivity index (χ1) is 8.13. The summed E-state index contributed by atoms with van der Waals surface area (Å²) in [6.45, 7) is 2.04. The molecule has 2 aromatic rings. The number of benzene rings is 1. The SMILES string of the molecule is COc1ccc(C(N)c2cncn2C)c(C)c1. The average Bonchev–Trinajstić information content (AvgIpc) is 2.74. The maximum atomic E-state index is 6.25. The highest BCUT2D eigenvalue weighted by Crippen LogP contribution is 2.25. The van der Waals surface area contributed by atoms with Gasteiger partial charge in [0.15, 0.2) is 0 Å². The first kappa shape index (κ1) is 11.7. The first-order valence-electron chi connectivity index (χ1n) is 5.50. The predicted molar refractivity (Wildman–Crippen MR) is 67.0 cm³/mol. The molecule has 1 unspecified atom stereocenters. The number of hydrogen-bond donors (Lipinski definition) is 1. The number of rotatable bonds is 3. The Hall–Kier alpha value is -1.81. The van der Waals surface area contributed by atoms with E-state index in [9.17, 15) is 0 Å². The summed E-state index contributed by atoms with van der Waals surface area (Å²) in [5, 5.41) is 0. The van der Waals surface area contributed by atoms with Crippen LogP contribution < -0.4 is 10.5 Å². The first-order valence-corrected chi connectivity index (χ1v) is 5.50. The molecule has 4 nitrogen and oxygen atoms in total. The standard InChI is InChI=1S/C13H17N3O/c1-9-6-10(17-3)4-5-11(9)13(14)12-7-15-8-16(12)2/h4-8,13H,14H2,1-3H3. The van der Waals surface area contributed by atoms with Crippen molar-refractivity contribution in [1.29, 1.82) is 0 Å². The van der Waals surface area contributed by atoms with E-state index in [1.165, 1.54) is 0 Å². The minimum Gasteiger partial charge on any atom is -0.497 e. The van der Waals surface area contributed by atoms with E-state index < -0.39 is 0 Å². The summed E-state index contributed by atoms with van der Waals surface area (Å²) >= 11 is 0. The van der Waals surface area contributed by atoms with Crippen LogP contribution in [0.5, 0.6) is 5.75 Å². The number of nitrogens with zero attached hydrogens (tertiary/aromatic N) is 2. The van der Waals surface area contributed by atoms with Gasteiger partial charge in [0, 0.05) is 7.05 Å². The number of nitrogens with two attached hydrogens (primary N) is 1. The lowest BCUT2D eigenvalue weighted by atomic mass is 9.99. The maximum absolute atomic E-state index is 6.25. The highest BCUT2D eigenvalue weighted by atomic mass is 16.5. The number of aromatic nitrogens is 2. The van der Waals surface area contributed by atoms with Crippen molar-refractivity contribution < 1.29 is 4.74 Å². The molecule has 0 aliphatic heterocycles. The molecule has 2 N–H and O–H groups in total. The summed E-state index contributed by atoms with van der Waals surface area (Å²) in [7, 11) is 3.61. The van der Waals surface area contributed by atoms with Crippen LogP contribution in [-0.2, 0) is 7.05 Å². The van der Waals surface area contributed by atoms with Crippen molar-refractivity contribution in [2.75, 3.05) is 7.11 Å². The van der Waals surface area contributed by atoms with Gasteiger partial charge in [-0.2, -0.15) is 0 Å². The lowest BCUT2D eigenvalue weighted by Gasteiger charge is -2.16. The van der Waals surface area contributed by atoms with E-state index in [1.54, 1.807) is 19.6 Å². The minimum atomic E-state index is -0.159. The summed E-state index contributed by atoms with van der Waals surface area (Å²) in [5.74, 6) is 0.850. The van der Waals surface area contributed by atoms with Crippen LogP contribution in [0, 0.1) is 6.92 Å². The Balaban J connectivity index is 2.38.